The van der Waals surface area contributed by atoms with Crippen molar-refractivity contribution in [2.24, 2.45) is 0 Å². The maximum Gasteiger partial charge on any atom is 0.164 e. The van der Waals surface area contributed by atoms with Gasteiger partial charge in [-0.15, -0.1) is 0 Å². The van der Waals surface area contributed by atoms with Crippen molar-refractivity contribution in [3.63, 3.8) is 0 Å². The lowest BCUT2D eigenvalue weighted by Crippen LogP contribution is -2.01. The molecule has 0 aliphatic heterocycles. The van der Waals surface area contributed by atoms with Crippen molar-refractivity contribution < 1.29 is 0 Å². The van der Waals surface area contributed by atoms with Gasteiger partial charge in [0.15, 0.2) is 17.5 Å². The normalized spacial score (nSPS) is 11.5. The van der Waals surface area contributed by atoms with Gasteiger partial charge in [-0.25, -0.2) is 24.9 Å². The largest absolute Gasteiger partial charge is 0.264 e. The summed E-state index contributed by atoms with van der Waals surface area (Å²) >= 11 is 0. The number of pyridine rings is 3. The number of aromatic nitrogens is 6. The molecule has 54 heavy (non-hydrogen) atoms. The molecule has 6 heteroatoms. The van der Waals surface area contributed by atoms with Crippen LogP contribution < -0.4 is 0 Å². The minimum atomic E-state index is 0.591. The van der Waals surface area contributed by atoms with Crippen LogP contribution in [0.25, 0.3) is 100 Å². The van der Waals surface area contributed by atoms with Crippen LogP contribution in [-0.2, 0) is 0 Å². The maximum atomic E-state index is 5.49. The Kier molecular flexibility index (Phi) is 7.47. The van der Waals surface area contributed by atoms with Crippen molar-refractivity contribution in [3.8, 4) is 56.7 Å². The summed E-state index contributed by atoms with van der Waals surface area (Å²) in [7, 11) is 0. The number of para-hydroxylation sites is 1. The van der Waals surface area contributed by atoms with Gasteiger partial charge in [-0.3, -0.25) is 4.98 Å². The first-order chi connectivity index (χ1) is 26.6. The number of hydrogen-bond acceptors (Lipinski definition) is 6. The third-order valence-electron chi connectivity index (χ3n) is 10.3. The molecule has 0 atom stereocenters. The van der Waals surface area contributed by atoms with E-state index in [0.29, 0.717) is 17.5 Å². The summed E-state index contributed by atoms with van der Waals surface area (Å²) in [4.78, 5) is 30.2. The van der Waals surface area contributed by atoms with Crippen molar-refractivity contribution in [1.29, 1.82) is 0 Å². The van der Waals surface area contributed by atoms with Crippen molar-refractivity contribution in [3.05, 3.63) is 169 Å². The highest BCUT2D eigenvalue weighted by atomic mass is 15.0. The Balaban J connectivity index is 1.30. The zero-order chi connectivity index (χ0) is 36.2. The summed E-state index contributed by atoms with van der Waals surface area (Å²) in [5, 5.41) is 6.78. The molecule has 0 aliphatic carbocycles. The molecule has 0 fully saturated rings. The zero-order valence-electron chi connectivity index (χ0n) is 29.7. The van der Waals surface area contributed by atoms with Crippen LogP contribution in [-0.4, -0.2) is 29.9 Å². The lowest BCUT2D eigenvalue weighted by Gasteiger charge is -2.21. The Morgan fingerprint density at radius 2 is 0.833 bits per heavy atom. The Morgan fingerprint density at radius 1 is 0.352 bits per heavy atom. The summed E-state index contributed by atoms with van der Waals surface area (Å²) in [6.07, 6.45) is 3.71. The monoisotopic (exact) mass is 692 g/mol. The minimum absolute atomic E-state index is 0.591. The van der Waals surface area contributed by atoms with Crippen LogP contribution in [0, 0.1) is 13.8 Å². The number of nitrogens with zero attached hydrogens (tertiary/aromatic N) is 6. The smallest absolute Gasteiger partial charge is 0.164 e. The number of rotatable bonds is 5. The predicted molar refractivity (Wildman–Crippen MR) is 220 cm³/mol. The summed E-state index contributed by atoms with van der Waals surface area (Å²) in [5.41, 5.74) is 10.8. The van der Waals surface area contributed by atoms with Crippen molar-refractivity contribution in [2.45, 2.75) is 13.8 Å². The predicted octanol–water partition coefficient (Wildman–Crippen LogP) is 11.6. The summed E-state index contributed by atoms with van der Waals surface area (Å²) in [6, 6.07) is 49.5. The molecule has 6 nitrogen and oxygen atoms in total. The zero-order valence-corrected chi connectivity index (χ0v) is 29.7. The van der Waals surface area contributed by atoms with Crippen molar-refractivity contribution >= 4 is 43.4 Å². The molecule has 4 aromatic heterocycles. The average molecular weight is 693 g/mol. The molecule has 254 valence electrons. The highest BCUT2D eigenvalue weighted by molar-refractivity contribution is 6.25. The molecule has 0 N–H and O–H groups in total. The standard InChI is InChI=1S/C48H32N6/c1-29-40-36-22-12-13-23-38(36)50-45(35-21-14-26-49-28-35)43(40)30(2)41-37-25-24-34(27-39(37)51-44(42(29)41)31-15-6-3-7-16-31)48-53-46(32-17-8-4-9-18-32)52-47(54-48)33-19-10-5-11-20-33/h3-28H,1-2H3. The van der Waals surface area contributed by atoms with Crippen LogP contribution in [0.2, 0.25) is 0 Å². The molecular formula is C48H32N6. The molecule has 0 bridgehead atoms. The molecular weight excluding hydrogens is 661 g/mol. The Bertz CT molecular complexity index is 2980. The van der Waals surface area contributed by atoms with Gasteiger partial charge in [-0.2, -0.15) is 0 Å². The second kappa shape index (κ2) is 12.8. The fourth-order valence-corrected chi connectivity index (χ4v) is 7.83. The molecule has 0 saturated heterocycles. The summed E-state index contributed by atoms with van der Waals surface area (Å²) in [6.45, 7) is 4.46. The molecule has 0 radical (unpaired) electrons. The fourth-order valence-electron chi connectivity index (χ4n) is 7.83. The third kappa shape index (κ3) is 5.19. The Labute approximate surface area is 311 Å². The van der Waals surface area contributed by atoms with E-state index in [1.54, 1.807) is 6.20 Å². The van der Waals surface area contributed by atoms with E-state index in [1.807, 2.05) is 79.0 Å². The molecule has 0 saturated carbocycles. The highest BCUT2D eigenvalue weighted by Gasteiger charge is 2.23. The lowest BCUT2D eigenvalue weighted by molar-refractivity contribution is 1.07. The first kappa shape index (κ1) is 31.5. The number of benzene rings is 6. The van der Waals surface area contributed by atoms with E-state index >= 15 is 0 Å². The van der Waals surface area contributed by atoms with Gasteiger partial charge in [0.05, 0.1) is 22.4 Å². The van der Waals surface area contributed by atoms with Gasteiger partial charge < -0.3 is 0 Å². The first-order valence-electron chi connectivity index (χ1n) is 18.0. The van der Waals surface area contributed by atoms with Crippen LogP contribution in [0.3, 0.4) is 0 Å². The second-order valence-electron chi connectivity index (χ2n) is 13.6. The molecule has 0 unspecified atom stereocenters. The minimum Gasteiger partial charge on any atom is -0.264 e. The second-order valence-corrected chi connectivity index (χ2v) is 13.6. The molecule has 0 spiro atoms. The molecule has 0 amide bonds. The van der Waals surface area contributed by atoms with Gasteiger partial charge in [0.25, 0.3) is 0 Å². The quantitative estimate of drug-likeness (QED) is 0.132. The van der Waals surface area contributed by atoms with E-state index in [0.717, 1.165) is 82.7 Å². The van der Waals surface area contributed by atoms with E-state index in [9.17, 15) is 0 Å². The van der Waals surface area contributed by atoms with Gasteiger partial charge in [-0.1, -0.05) is 121 Å². The van der Waals surface area contributed by atoms with E-state index in [-0.39, 0.29) is 0 Å². The van der Waals surface area contributed by atoms with Crippen LogP contribution in [0.15, 0.2) is 158 Å². The van der Waals surface area contributed by atoms with E-state index in [1.165, 1.54) is 10.9 Å². The molecule has 10 rings (SSSR count). The average Bonchev–Trinajstić information content (AvgIpc) is 3.25. The SMILES string of the molecule is Cc1c2c(-c3ccccc3)nc3cc(-c4nc(-c5ccccc5)nc(-c5ccccc5)n4)ccc3c2c(C)c2c(-c3cccnc3)nc3ccccc3c12. The molecule has 10 aromatic rings. The van der Waals surface area contributed by atoms with Crippen molar-refractivity contribution in [2.75, 3.05) is 0 Å². The van der Waals surface area contributed by atoms with Crippen LogP contribution >= 0.6 is 0 Å². The number of hydrogen-bond donors (Lipinski definition) is 0. The Morgan fingerprint density at radius 3 is 1.43 bits per heavy atom. The van der Waals surface area contributed by atoms with Crippen LogP contribution in [0.1, 0.15) is 11.1 Å². The van der Waals surface area contributed by atoms with Gasteiger partial charge in [0.1, 0.15) is 0 Å². The molecule has 4 heterocycles. The van der Waals surface area contributed by atoms with Gasteiger partial charge in [0, 0.05) is 61.8 Å². The molecule has 0 aliphatic rings. The molecule has 6 aromatic carbocycles. The maximum absolute atomic E-state index is 5.49. The summed E-state index contributed by atoms with van der Waals surface area (Å²) < 4.78 is 0. The van der Waals surface area contributed by atoms with E-state index < -0.39 is 0 Å². The number of fused-ring (bicyclic) bond motifs is 6. The lowest BCUT2D eigenvalue weighted by atomic mass is 9.86. The van der Waals surface area contributed by atoms with Crippen molar-refractivity contribution in [1.82, 2.24) is 29.9 Å². The van der Waals surface area contributed by atoms with Gasteiger partial charge >= 0.3 is 0 Å². The van der Waals surface area contributed by atoms with Crippen LogP contribution in [0.5, 0.6) is 0 Å². The first-order valence-corrected chi connectivity index (χ1v) is 18.0. The highest BCUT2D eigenvalue weighted by Crippen LogP contribution is 2.45. The van der Waals surface area contributed by atoms with E-state index in [2.05, 4.69) is 91.6 Å². The fraction of sp³-hybridized carbons (Fsp3) is 0.0417. The summed E-state index contributed by atoms with van der Waals surface area (Å²) in [5.74, 6) is 1.84. The van der Waals surface area contributed by atoms with Gasteiger partial charge in [-0.05, 0) is 60.0 Å². The topological polar surface area (TPSA) is 77.3 Å². The number of aryl methyl sites for hydroxylation is 2. The Hall–Kier alpha value is -7.18. The van der Waals surface area contributed by atoms with Crippen LogP contribution in [0.4, 0.5) is 0 Å². The van der Waals surface area contributed by atoms with Gasteiger partial charge in [0.2, 0.25) is 0 Å². The third-order valence-corrected chi connectivity index (χ3v) is 10.3. The van der Waals surface area contributed by atoms with E-state index in [4.69, 9.17) is 24.9 Å².